The van der Waals surface area contributed by atoms with E-state index in [1.54, 1.807) is 0 Å². The molecule has 4 rings (SSSR count). The summed E-state index contributed by atoms with van der Waals surface area (Å²) < 4.78 is 0. The number of thioether (sulfide) groups is 1. The maximum Gasteiger partial charge on any atom is 0.234 e. The summed E-state index contributed by atoms with van der Waals surface area (Å²) in [5.41, 5.74) is 3.69. The van der Waals surface area contributed by atoms with Crippen molar-refractivity contribution in [2.24, 2.45) is 4.99 Å². The maximum absolute atomic E-state index is 12.5. The van der Waals surface area contributed by atoms with E-state index in [9.17, 15) is 4.79 Å². The van der Waals surface area contributed by atoms with E-state index in [0.717, 1.165) is 34.7 Å². The van der Waals surface area contributed by atoms with Crippen molar-refractivity contribution in [3.05, 3.63) is 58.6 Å². The molecule has 1 aliphatic carbocycles. The minimum atomic E-state index is -0.201. The van der Waals surface area contributed by atoms with Crippen molar-refractivity contribution in [2.45, 2.75) is 38.3 Å². The number of carbonyl (C=O) groups is 1. The molecular formula is C21H22ClN3OS. The van der Waals surface area contributed by atoms with Gasteiger partial charge in [0.05, 0.1) is 16.5 Å². The van der Waals surface area contributed by atoms with Gasteiger partial charge in [-0.2, -0.15) is 0 Å². The molecule has 1 heterocycles. The molecule has 1 aliphatic heterocycles. The van der Waals surface area contributed by atoms with Gasteiger partial charge in [-0.3, -0.25) is 4.79 Å². The van der Waals surface area contributed by atoms with Crippen molar-refractivity contribution in [2.75, 3.05) is 16.4 Å². The quantitative estimate of drug-likeness (QED) is 0.720. The van der Waals surface area contributed by atoms with Gasteiger partial charge in [0.2, 0.25) is 5.91 Å². The Hall–Kier alpha value is -1.98. The molecule has 140 valence electrons. The minimum absolute atomic E-state index is 0.0788. The number of hydrogen-bond acceptors (Lipinski definition) is 4. The summed E-state index contributed by atoms with van der Waals surface area (Å²) in [6.07, 6.45) is 4.44. The summed E-state index contributed by atoms with van der Waals surface area (Å²) >= 11 is 7.71. The third-order valence-electron chi connectivity index (χ3n) is 5.01. The smallest absolute Gasteiger partial charge is 0.234 e. The average Bonchev–Trinajstić information content (AvgIpc) is 3.09. The molecule has 0 unspecified atom stereocenters. The van der Waals surface area contributed by atoms with E-state index in [1.807, 2.05) is 37.3 Å². The Balaban J connectivity index is 1.49. The van der Waals surface area contributed by atoms with E-state index >= 15 is 0 Å². The number of anilines is 2. The van der Waals surface area contributed by atoms with E-state index < -0.39 is 0 Å². The van der Waals surface area contributed by atoms with Gasteiger partial charge in [-0.15, -0.1) is 0 Å². The van der Waals surface area contributed by atoms with Gasteiger partial charge in [-0.1, -0.05) is 47.6 Å². The lowest BCUT2D eigenvalue weighted by Crippen LogP contribution is -2.37. The molecule has 1 amide bonds. The number of nitrogens with zero attached hydrogens (tertiary/aromatic N) is 1. The van der Waals surface area contributed by atoms with E-state index in [0.29, 0.717) is 16.5 Å². The number of amides is 1. The first kappa shape index (κ1) is 18.4. The summed E-state index contributed by atoms with van der Waals surface area (Å²) in [4.78, 5) is 17.5. The second kappa shape index (κ2) is 7.56. The molecule has 0 radical (unpaired) electrons. The Morgan fingerprint density at radius 3 is 2.81 bits per heavy atom. The molecule has 1 spiro atoms. The zero-order valence-electron chi connectivity index (χ0n) is 15.2. The molecular weight excluding hydrogens is 378 g/mol. The van der Waals surface area contributed by atoms with Crippen LogP contribution in [0.1, 0.15) is 36.8 Å². The molecule has 27 heavy (non-hydrogen) atoms. The van der Waals surface area contributed by atoms with Gasteiger partial charge in [-0.05, 0) is 56.4 Å². The Bertz CT molecular complexity index is 906. The highest BCUT2D eigenvalue weighted by molar-refractivity contribution is 8.15. The number of carbonyl (C=O) groups excluding carboxylic acids is 1. The van der Waals surface area contributed by atoms with Gasteiger partial charge < -0.3 is 10.6 Å². The van der Waals surface area contributed by atoms with Gasteiger partial charge in [0.25, 0.3) is 0 Å². The van der Waals surface area contributed by atoms with Crippen LogP contribution in [0.3, 0.4) is 0 Å². The van der Waals surface area contributed by atoms with Gasteiger partial charge in [0.1, 0.15) is 10.7 Å². The molecule has 0 bridgehead atoms. The number of aliphatic imine (C=N–C) groups is 1. The SMILES string of the molecule is Cc1ccc(NC(=O)CSC2=NC3(CCCC3)Nc3ccccc32)c(Cl)c1. The van der Waals surface area contributed by atoms with Crippen LogP contribution in [0.15, 0.2) is 47.5 Å². The van der Waals surface area contributed by atoms with E-state index in [1.165, 1.54) is 24.6 Å². The number of fused-ring (bicyclic) bond motifs is 1. The molecule has 1 fully saturated rings. The molecule has 0 atom stereocenters. The number of halogens is 1. The molecule has 1 saturated carbocycles. The van der Waals surface area contributed by atoms with Gasteiger partial charge in [0.15, 0.2) is 0 Å². The average molecular weight is 400 g/mol. The topological polar surface area (TPSA) is 53.5 Å². The Morgan fingerprint density at radius 1 is 1.26 bits per heavy atom. The number of rotatable bonds is 3. The molecule has 2 N–H and O–H groups in total. The molecule has 4 nitrogen and oxygen atoms in total. The van der Waals surface area contributed by atoms with Crippen molar-refractivity contribution in [1.82, 2.24) is 0 Å². The van der Waals surface area contributed by atoms with Crippen LogP contribution in [0.5, 0.6) is 0 Å². The fourth-order valence-electron chi connectivity index (χ4n) is 3.66. The standard InChI is InChI=1S/C21H22ClN3OS/c1-14-8-9-18(16(22)12-14)23-19(26)13-27-20-15-6-2-3-7-17(15)24-21(25-20)10-4-5-11-21/h2-3,6-9,12,24H,4-5,10-11,13H2,1H3,(H,23,26). The number of para-hydroxylation sites is 1. The third kappa shape index (κ3) is 3.99. The Labute approximate surface area is 168 Å². The van der Waals surface area contributed by atoms with Crippen molar-refractivity contribution < 1.29 is 4.79 Å². The molecule has 2 aromatic carbocycles. The van der Waals surface area contributed by atoms with Crippen LogP contribution < -0.4 is 10.6 Å². The first-order valence-corrected chi connectivity index (χ1v) is 10.6. The van der Waals surface area contributed by atoms with E-state index in [-0.39, 0.29) is 11.6 Å². The number of aryl methyl sites for hydroxylation is 1. The summed E-state index contributed by atoms with van der Waals surface area (Å²) in [6.45, 7) is 1.97. The zero-order chi connectivity index (χ0) is 18.9. The zero-order valence-corrected chi connectivity index (χ0v) is 16.8. The molecule has 0 saturated heterocycles. The van der Waals surface area contributed by atoms with Crippen molar-refractivity contribution in [3.63, 3.8) is 0 Å². The minimum Gasteiger partial charge on any atom is -0.361 e. The summed E-state index contributed by atoms with van der Waals surface area (Å²) in [6, 6.07) is 13.8. The van der Waals surface area contributed by atoms with Gasteiger partial charge in [0, 0.05) is 11.3 Å². The molecule has 0 aromatic heterocycles. The molecule has 2 aromatic rings. The highest BCUT2D eigenvalue weighted by Gasteiger charge is 2.37. The fraction of sp³-hybridized carbons (Fsp3) is 0.333. The van der Waals surface area contributed by atoms with Crippen LogP contribution in [0.4, 0.5) is 11.4 Å². The van der Waals surface area contributed by atoms with Crippen molar-refractivity contribution >= 4 is 45.7 Å². The van der Waals surface area contributed by atoms with Crippen LogP contribution in [0.25, 0.3) is 0 Å². The van der Waals surface area contributed by atoms with Crippen LogP contribution in [0.2, 0.25) is 5.02 Å². The lowest BCUT2D eigenvalue weighted by molar-refractivity contribution is -0.113. The van der Waals surface area contributed by atoms with E-state index in [4.69, 9.17) is 16.6 Å². The Morgan fingerprint density at radius 2 is 2.04 bits per heavy atom. The normalized spacial score (nSPS) is 17.2. The second-order valence-corrected chi connectivity index (χ2v) is 8.52. The molecule has 2 aliphatic rings. The first-order valence-electron chi connectivity index (χ1n) is 9.21. The van der Waals surface area contributed by atoms with Gasteiger partial charge in [-0.25, -0.2) is 4.99 Å². The monoisotopic (exact) mass is 399 g/mol. The van der Waals surface area contributed by atoms with Crippen molar-refractivity contribution in [1.29, 1.82) is 0 Å². The number of nitrogens with one attached hydrogen (secondary N) is 2. The maximum atomic E-state index is 12.5. The summed E-state index contributed by atoms with van der Waals surface area (Å²) in [7, 11) is 0. The van der Waals surface area contributed by atoms with Crippen LogP contribution >= 0.6 is 23.4 Å². The fourth-order valence-corrected chi connectivity index (χ4v) is 4.86. The predicted molar refractivity (Wildman–Crippen MR) is 115 cm³/mol. The third-order valence-corrected chi connectivity index (χ3v) is 6.31. The predicted octanol–water partition coefficient (Wildman–Crippen LogP) is 5.46. The highest BCUT2D eigenvalue weighted by atomic mass is 35.5. The van der Waals surface area contributed by atoms with E-state index in [2.05, 4.69) is 22.8 Å². The van der Waals surface area contributed by atoms with Crippen molar-refractivity contribution in [3.8, 4) is 0 Å². The van der Waals surface area contributed by atoms with Crippen LogP contribution in [0, 0.1) is 6.92 Å². The Kier molecular flexibility index (Phi) is 5.15. The number of hydrogen-bond donors (Lipinski definition) is 2. The molecule has 6 heteroatoms. The highest BCUT2D eigenvalue weighted by Crippen LogP contribution is 2.40. The van der Waals surface area contributed by atoms with Crippen LogP contribution in [-0.4, -0.2) is 22.4 Å². The van der Waals surface area contributed by atoms with Gasteiger partial charge >= 0.3 is 0 Å². The largest absolute Gasteiger partial charge is 0.361 e. The van der Waals surface area contributed by atoms with Crippen LogP contribution in [-0.2, 0) is 4.79 Å². The lowest BCUT2D eigenvalue weighted by Gasteiger charge is -2.33. The number of benzene rings is 2. The lowest BCUT2D eigenvalue weighted by atomic mass is 10.0. The summed E-state index contributed by atoms with van der Waals surface area (Å²) in [5, 5.41) is 8.02. The summed E-state index contributed by atoms with van der Waals surface area (Å²) in [5.74, 6) is 0.220. The first-order chi connectivity index (χ1) is 13.0. The second-order valence-electron chi connectivity index (χ2n) is 7.15.